The van der Waals surface area contributed by atoms with Gasteiger partial charge in [-0.05, 0) is 44.5 Å². The second kappa shape index (κ2) is 4.80. The topological polar surface area (TPSA) is 57.5 Å². The predicted octanol–water partition coefficient (Wildman–Crippen LogP) is 3.56. The van der Waals surface area contributed by atoms with E-state index < -0.39 is 11.4 Å². The number of hydrogen-bond donors (Lipinski definition) is 2. The van der Waals surface area contributed by atoms with E-state index in [1.807, 2.05) is 0 Å². The lowest BCUT2D eigenvalue weighted by Crippen LogP contribution is -2.21. The second-order valence-electron chi connectivity index (χ2n) is 4.52. The summed E-state index contributed by atoms with van der Waals surface area (Å²) in [5.41, 5.74) is 0.311. The molecule has 0 aliphatic carbocycles. The van der Waals surface area contributed by atoms with Crippen LogP contribution in [-0.4, -0.2) is 16.2 Å². The summed E-state index contributed by atoms with van der Waals surface area (Å²) in [6.07, 6.45) is 1.61. The molecule has 1 aromatic carbocycles. The third-order valence-corrected chi connectivity index (χ3v) is 2.75. The van der Waals surface area contributed by atoms with Crippen LogP contribution in [0.3, 0.4) is 0 Å². The van der Waals surface area contributed by atoms with Gasteiger partial charge >= 0.3 is 5.97 Å². The van der Waals surface area contributed by atoms with Crippen LogP contribution in [0.25, 0.3) is 5.57 Å². The number of hydrogen-bond acceptors (Lipinski definition) is 2. The summed E-state index contributed by atoms with van der Waals surface area (Å²) < 4.78 is 0. The smallest absolute Gasteiger partial charge is 0.312 e. The van der Waals surface area contributed by atoms with Gasteiger partial charge < -0.3 is 10.2 Å². The second-order valence-corrected chi connectivity index (χ2v) is 4.95. The first-order chi connectivity index (χ1) is 7.74. The summed E-state index contributed by atoms with van der Waals surface area (Å²) >= 11 is 5.73. The maximum atomic E-state index is 11.0. The largest absolute Gasteiger partial charge is 0.507 e. The summed E-state index contributed by atoms with van der Waals surface area (Å²) in [6, 6.07) is 4.76. The van der Waals surface area contributed by atoms with Gasteiger partial charge in [-0.1, -0.05) is 17.7 Å². The van der Waals surface area contributed by atoms with Crippen LogP contribution in [0.5, 0.6) is 5.75 Å². The number of aromatic hydroxyl groups is 1. The molecule has 2 N–H and O–H groups in total. The van der Waals surface area contributed by atoms with Gasteiger partial charge in [0.1, 0.15) is 5.75 Å². The Balaban J connectivity index is 3.16. The lowest BCUT2D eigenvalue weighted by atomic mass is 9.89. The zero-order valence-electron chi connectivity index (χ0n) is 9.99. The Hall–Kier alpha value is -1.48. The highest BCUT2D eigenvalue weighted by Crippen LogP contribution is 2.31. The van der Waals surface area contributed by atoms with Gasteiger partial charge in [0.2, 0.25) is 0 Å². The molecule has 0 aliphatic rings. The van der Waals surface area contributed by atoms with E-state index in [9.17, 15) is 9.90 Å². The normalized spacial score (nSPS) is 12.6. The molecule has 0 saturated carbocycles. The fourth-order valence-electron chi connectivity index (χ4n) is 1.52. The number of carboxylic acid groups (broad SMARTS) is 1. The molecule has 0 unspecified atom stereocenters. The van der Waals surface area contributed by atoms with Crippen molar-refractivity contribution < 1.29 is 15.0 Å². The van der Waals surface area contributed by atoms with Crippen molar-refractivity contribution in [3.63, 3.8) is 0 Å². The number of halogens is 1. The standard InChI is InChI=1S/C13H15ClO3/c1-8(7-13(2,3)12(16)17)10-5-4-9(14)6-11(10)15/h4-7,15H,1-3H3,(H,16,17)/b8-7-. The molecule has 0 aliphatic heterocycles. The molecule has 0 amide bonds. The van der Waals surface area contributed by atoms with Crippen molar-refractivity contribution in [2.45, 2.75) is 20.8 Å². The summed E-state index contributed by atoms with van der Waals surface area (Å²) in [7, 11) is 0. The Morgan fingerprint density at radius 2 is 2.00 bits per heavy atom. The quantitative estimate of drug-likeness (QED) is 0.867. The molecule has 1 aromatic rings. The van der Waals surface area contributed by atoms with Crippen molar-refractivity contribution in [2.24, 2.45) is 5.41 Å². The van der Waals surface area contributed by atoms with Gasteiger partial charge in [-0.25, -0.2) is 0 Å². The molecule has 0 aromatic heterocycles. The first-order valence-electron chi connectivity index (χ1n) is 5.16. The van der Waals surface area contributed by atoms with Gasteiger partial charge in [-0.2, -0.15) is 0 Å². The average molecular weight is 255 g/mol. The average Bonchev–Trinajstić information content (AvgIpc) is 2.15. The molecule has 0 heterocycles. The fourth-order valence-corrected chi connectivity index (χ4v) is 1.69. The molecule has 4 heteroatoms. The van der Waals surface area contributed by atoms with Crippen LogP contribution in [-0.2, 0) is 4.79 Å². The minimum Gasteiger partial charge on any atom is -0.507 e. The minimum absolute atomic E-state index is 0.0486. The Bertz CT molecular complexity index is 476. The van der Waals surface area contributed by atoms with Crippen LogP contribution >= 0.6 is 11.6 Å². The fraction of sp³-hybridized carbons (Fsp3) is 0.308. The molecule has 3 nitrogen and oxygen atoms in total. The van der Waals surface area contributed by atoms with Gasteiger partial charge in [0.25, 0.3) is 0 Å². The molecule has 0 atom stereocenters. The van der Waals surface area contributed by atoms with Gasteiger partial charge in [0.05, 0.1) is 5.41 Å². The first-order valence-corrected chi connectivity index (χ1v) is 5.53. The van der Waals surface area contributed by atoms with E-state index in [2.05, 4.69) is 0 Å². The summed E-state index contributed by atoms with van der Waals surface area (Å²) in [5, 5.41) is 19.2. The predicted molar refractivity (Wildman–Crippen MR) is 68.2 cm³/mol. The molecule has 0 spiro atoms. The van der Waals surface area contributed by atoms with E-state index in [-0.39, 0.29) is 5.75 Å². The minimum atomic E-state index is -0.976. The molecule has 0 radical (unpaired) electrons. The van der Waals surface area contributed by atoms with E-state index in [0.717, 1.165) is 0 Å². The monoisotopic (exact) mass is 254 g/mol. The molecule has 17 heavy (non-hydrogen) atoms. The number of phenols is 1. The maximum absolute atomic E-state index is 11.0. The zero-order chi connectivity index (χ0) is 13.2. The van der Waals surface area contributed by atoms with Gasteiger partial charge in [-0.3, -0.25) is 4.79 Å². The van der Waals surface area contributed by atoms with E-state index in [0.29, 0.717) is 16.2 Å². The third kappa shape index (κ3) is 3.24. The van der Waals surface area contributed by atoms with Crippen LogP contribution in [0, 0.1) is 5.41 Å². The highest BCUT2D eigenvalue weighted by atomic mass is 35.5. The molecule has 1 rings (SSSR count). The number of allylic oxidation sites excluding steroid dienone is 1. The molecule has 92 valence electrons. The third-order valence-electron chi connectivity index (χ3n) is 2.51. The van der Waals surface area contributed by atoms with Crippen LogP contribution in [0.1, 0.15) is 26.3 Å². The van der Waals surface area contributed by atoms with E-state index in [1.165, 1.54) is 6.07 Å². The number of phenolic OH excluding ortho intramolecular Hbond substituents is 1. The molecule has 0 bridgehead atoms. The highest BCUT2D eigenvalue weighted by molar-refractivity contribution is 6.30. The molecule has 0 saturated heterocycles. The molecule has 0 fully saturated rings. The zero-order valence-corrected chi connectivity index (χ0v) is 10.7. The number of benzene rings is 1. The van der Waals surface area contributed by atoms with Gasteiger partial charge in [-0.15, -0.1) is 0 Å². The van der Waals surface area contributed by atoms with Crippen molar-refractivity contribution in [1.82, 2.24) is 0 Å². The van der Waals surface area contributed by atoms with Crippen molar-refractivity contribution >= 4 is 23.1 Å². The lowest BCUT2D eigenvalue weighted by molar-refractivity contribution is -0.144. The lowest BCUT2D eigenvalue weighted by Gasteiger charge is -2.16. The number of rotatable bonds is 3. The Labute approximate surface area is 105 Å². The van der Waals surface area contributed by atoms with Crippen LogP contribution in [0.4, 0.5) is 0 Å². The Morgan fingerprint density at radius 3 is 2.47 bits per heavy atom. The highest BCUT2D eigenvalue weighted by Gasteiger charge is 2.24. The maximum Gasteiger partial charge on any atom is 0.312 e. The van der Waals surface area contributed by atoms with E-state index in [4.69, 9.17) is 16.7 Å². The SMILES string of the molecule is C/C(=C/C(C)(C)C(=O)O)c1ccc(Cl)cc1O. The van der Waals surface area contributed by atoms with Crippen LogP contribution < -0.4 is 0 Å². The molecular weight excluding hydrogens is 240 g/mol. The van der Waals surface area contributed by atoms with E-state index >= 15 is 0 Å². The Morgan fingerprint density at radius 1 is 1.41 bits per heavy atom. The number of carbonyl (C=O) groups is 1. The van der Waals surface area contributed by atoms with Crippen LogP contribution in [0.2, 0.25) is 5.02 Å². The Kier molecular flexibility index (Phi) is 3.83. The van der Waals surface area contributed by atoms with E-state index in [1.54, 1.807) is 39.0 Å². The van der Waals surface area contributed by atoms with Gasteiger partial charge in [0, 0.05) is 10.6 Å². The summed E-state index contributed by atoms with van der Waals surface area (Å²) in [5.74, 6) is -0.863. The van der Waals surface area contributed by atoms with Crippen molar-refractivity contribution in [1.29, 1.82) is 0 Å². The summed E-state index contributed by atoms with van der Waals surface area (Å²) in [4.78, 5) is 11.0. The number of aliphatic carboxylic acids is 1. The number of carboxylic acids is 1. The van der Waals surface area contributed by atoms with Crippen LogP contribution in [0.15, 0.2) is 24.3 Å². The molecular formula is C13H15ClO3. The van der Waals surface area contributed by atoms with Crippen molar-refractivity contribution in [3.8, 4) is 5.75 Å². The summed E-state index contributed by atoms with van der Waals surface area (Å²) in [6.45, 7) is 4.96. The van der Waals surface area contributed by atoms with Crippen molar-refractivity contribution in [2.75, 3.05) is 0 Å². The van der Waals surface area contributed by atoms with Crippen molar-refractivity contribution in [3.05, 3.63) is 34.9 Å². The first kappa shape index (κ1) is 13.6. The van der Waals surface area contributed by atoms with Gasteiger partial charge in [0.15, 0.2) is 0 Å².